The summed E-state index contributed by atoms with van der Waals surface area (Å²) in [5.74, 6) is -0.364. The number of carbonyl (C=O) groups excluding carboxylic acids is 2. The Balaban J connectivity index is 1.49. The summed E-state index contributed by atoms with van der Waals surface area (Å²) in [7, 11) is -3.85. The van der Waals surface area contributed by atoms with Crippen LogP contribution in [0.25, 0.3) is 0 Å². The van der Waals surface area contributed by atoms with Gasteiger partial charge in [0, 0.05) is 26.2 Å². The van der Waals surface area contributed by atoms with E-state index in [0.717, 1.165) is 32.5 Å². The van der Waals surface area contributed by atoms with Gasteiger partial charge in [-0.2, -0.15) is 0 Å². The highest BCUT2D eigenvalue weighted by Gasteiger charge is 2.54. The molecule has 2 saturated heterocycles. The average molecular weight is 541 g/mol. The monoisotopic (exact) mass is 540 g/mol. The third kappa shape index (κ3) is 6.11. The minimum Gasteiger partial charge on any atom is -0.341 e. The number of rotatable bonds is 11. The first-order valence-corrected chi connectivity index (χ1v) is 15.2. The maximum absolute atomic E-state index is 13.9. The van der Waals surface area contributed by atoms with Crippen LogP contribution in [0.2, 0.25) is 0 Å². The molecule has 1 unspecified atom stereocenters. The van der Waals surface area contributed by atoms with Gasteiger partial charge in [-0.05, 0) is 49.8 Å². The van der Waals surface area contributed by atoms with Gasteiger partial charge in [-0.15, -0.1) is 0 Å². The van der Waals surface area contributed by atoms with Crippen LogP contribution in [0.5, 0.6) is 0 Å². The van der Waals surface area contributed by atoms with Crippen molar-refractivity contribution >= 4 is 21.8 Å². The molecule has 2 heterocycles. The summed E-state index contributed by atoms with van der Waals surface area (Å²) >= 11 is 0. The second-order valence-electron chi connectivity index (χ2n) is 10.4. The van der Waals surface area contributed by atoms with Gasteiger partial charge < -0.3 is 15.1 Å². The SMILES string of the molecule is CCCC(NS(=O)(=O)c1ccccc1)[C@@H]1NC(=O)C2(CCN(CCc3ccccc3)CC2)N(CCC)C1=O. The van der Waals surface area contributed by atoms with Crippen molar-refractivity contribution in [2.24, 2.45) is 0 Å². The van der Waals surface area contributed by atoms with Gasteiger partial charge in [0.1, 0.15) is 11.6 Å². The number of hydrogen-bond acceptors (Lipinski definition) is 5. The lowest BCUT2D eigenvalue weighted by Crippen LogP contribution is -2.75. The number of likely N-dealkylation sites (tertiary alicyclic amines) is 1. The normalized spacial score (nSPS) is 20.9. The first-order valence-electron chi connectivity index (χ1n) is 13.8. The standard InChI is InChI=1S/C29H40N4O4S/c1-3-11-25(31-38(36,37)24-14-9-6-10-15-24)26-27(34)33(19-4-2)29(28(35)30-26)17-21-32(22-18-29)20-16-23-12-7-5-8-13-23/h5-10,12-15,25-26,31H,3-4,11,16-22H2,1-2H3,(H,30,35)/t25?,26-/m0/s1. The van der Waals surface area contributed by atoms with Crippen LogP contribution in [0.4, 0.5) is 0 Å². The number of piperidine rings is 1. The van der Waals surface area contributed by atoms with E-state index >= 15 is 0 Å². The molecule has 0 aromatic heterocycles. The van der Waals surface area contributed by atoms with E-state index in [0.29, 0.717) is 32.2 Å². The molecule has 2 N–H and O–H groups in total. The van der Waals surface area contributed by atoms with Crippen molar-refractivity contribution in [3.63, 3.8) is 0 Å². The van der Waals surface area contributed by atoms with Crippen molar-refractivity contribution in [3.05, 3.63) is 66.2 Å². The van der Waals surface area contributed by atoms with Crippen LogP contribution in [0.1, 0.15) is 51.5 Å². The number of piperazine rings is 1. The highest BCUT2D eigenvalue weighted by atomic mass is 32.2. The molecule has 2 aliphatic heterocycles. The fourth-order valence-electron chi connectivity index (χ4n) is 5.71. The number of amides is 2. The van der Waals surface area contributed by atoms with E-state index < -0.39 is 27.6 Å². The summed E-state index contributed by atoms with van der Waals surface area (Å²) in [6.45, 7) is 6.78. The summed E-state index contributed by atoms with van der Waals surface area (Å²) in [5, 5.41) is 2.97. The third-order valence-corrected chi connectivity index (χ3v) is 9.32. The molecule has 4 rings (SSSR count). The minimum absolute atomic E-state index is 0.139. The van der Waals surface area contributed by atoms with Gasteiger partial charge in [0.05, 0.1) is 10.9 Å². The van der Waals surface area contributed by atoms with Crippen molar-refractivity contribution < 1.29 is 18.0 Å². The number of carbonyl (C=O) groups is 2. The molecule has 2 fully saturated rings. The molecular weight excluding hydrogens is 500 g/mol. The molecule has 0 bridgehead atoms. The van der Waals surface area contributed by atoms with Gasteiger partial charge in [-0.25, -0.2) is 13.1 Å². The van der Waals surface area contributed by atoms with Gasteiger partial charge in [0.2, 0.25) is 21.8 Å². The Hall–Kier alpha value is -2.75. The van der Waals surface area contributed by atoms with E-state index in [1.54, 1.807) is 23.1 Å². The molecule has 2 amide bonds. The minimum atomic E-state index is -3.85. The number of nitrogens with zero attached hydrogens (tertiary/aromatic N) is 2. The zero-order chi connectivity index (χ0) is 27.2. The fraction of sp³-hybridized carbons (Fsp3) is 0.517. The topological polar surface area (TPSA) is 98.8 Å². The molecule has 0 aliphatic carbocycles. The summed E-state index contributed by atoms with van der Waals surface area (Å²) < 4.78 is 28.9. The molecule has 2 aromatic carbocycles. The lowest BCUT2D eigenvalue weighted by Gasteiger charge is -2.52. The molecule has 8 nitrogen and oxygen atoms in total. The molecule has 2 aromatic rings. The lowest BCUT2D eigenvalue weighted by molar-refractivity contribution is -0.162. The van der Waals surface area contributed by atoms with Gasteiger partial charge >= 0.3 is 0 Å². The Morgan fingerprint density at radius 2 is 1.58 bits per heavy atom. The third-order valence-electron chi connectivity index (χ3n) is 7.81. The van der Waals surface area contributed by atoms with Crippen LogP contribution >= 0.6 is 0 Å². The Morgan fingerprint density at radius 1 is 0.947 bits per heavy atom. The Morgan fingerprint density at radius 3 is 2.18 bits per heavy atom. The molecular formula is C29H40N4O4S. The average Bonchev–Trinajstić information content (AvgIpc) is 2.93. The molecule has 38 heavy (non-hydrogen) atoms. The van der Waals surface area contributed by atoms with Crippen molar-refractivity contribution in [1.82, 2.24) is 19.8 Å². The van der Waals surface area contributed by atoms with E-state index in [9.17, 15) is 18.0 Å². The second kappa shape index (κ2) is 12.4. The quantitative estimate of drug-likeness (QED) is 0.457. The van der Waals surface area contributed by atoms with E-state index in [4.69, 9.17) is 0 Å². The molecule has 1 spiro atoms. The highest BCUT2D eigenvalue weighted by molar-refractivity contribution is 7.89. The zero-order valence-electron chi connectivity index (χ0n) is 22.4. The summed E-state index contributed by atoms with van der Waals surface area (Å²) in [4.78, 5) is 31.9. The van der Waals surface area contributed by atoms with E-state index in [2.05, 4.69) is 27.1 Å². The van der Waals surface area contributed by atoms with Crippen LogP contribution in [0.15, 0.2) is 65.6 Å². The largest absolute Gasteiger partial charge is 0.341 e. The van der Waals surface area contributed by atoms with Crippen LogP contribution in [0, 0.1) is 0 Å². The first-order chi connectivity index (χ1) is 18.3. The van der Waals surface area contributed by atoms with Gasteiger partial charge in [0.25, 0.3) is 0 Å². The second-order valence-corrected chi connectivity index (χ2v) is 12.1. The maximum atomic E-state index is 13.9. The van der Waals surface area contributed by atoms with Crippen molar-refractivity contribution in [2.75, 3.05) is 26.2 Å². The summed E-state index contributed by atoms with van der Waals surface area (Å²) in [6, 6.07) is 16.8. The molecule has 206 valence electrons. The molecule has 2 aliphatic rings. The smallest absolute Gasteiger partial charge is 0.247 e. The number of sulfonamides is 1. The van der Waals surface area contributed by atoms with Gasteiger partial charge in [-0.1, -0.05) is 68.8 Å². The maximum Gasteiger partial charge on any atom is 0.247 e. The van der Waals surface area contributed by atoms with E-state index in [-0.39, 0.29) is 16.7 Å². The number of benzene rings is 2. The van der Waals surface area contributed by atoms with Gasteiger partial charge in [0.15, 0.2) is 0 Å². The molecule has 0 radical (unpaired) electrons. The zero-order valence-corrected chi connectivity index (χ0v) is 23.3. The summed E-state index contributed by atoms with van der Waals surface area (Å²) in [6.07, 6.45) is 3.90. The Bertz CT molecular complexity index is 1180. The number of hydrogen-bond donors (Lipinski definition) is 2. The Kier molecular flexibility index (Phi) is 9.23. The molecule has 2 atom stereocenters. The predicted molar refractivity (Wildman–Crippen MR) is 148 cm³/mol. The van der Waals surface area contributed by atoms with Crippen molar-refractivity contribution in [1.29, 1.82) is 0 Å². The van der Waals surface area contributed by atoms with Crippen LogP contribution < -0.4 is 10.0 Å². The first kappa shape index (κ1) is 28.3. The van der Waals surface area contributed by atoms with Crippen LogP contribution in [0.3, 0.4) is 0 Å². The summed E-state index contributed by atoms with van der Waals surface area (Å²) in [5.41, 5.74) is 0.399. The number of nitrogens with one attached hydrogen (secondary N) is 2. The van der Waals surface area contributed by atoms with Crippen LogP contribution in [-0.2, 0) is 26.0 Å². The van der Waals surface area contributed by atoms with E-state index in [1.807, 2.05) is 32.0 Å². The fourth-order valence-corrected chi connectivity index (χ4v) is 7.01. The molecule has 0 saturated carbocycles. The Labute approximate surface area is 226 Å². The lowest BCUT2D eigenvalue weighted by atomic mass is 9.80. The van der Waals surface area contributed by atoms with Crippen LogP contribution in [-0.4, -0.2) is 73.8 Å². The van der Waals surface area contributed by atoms with Crippen molar-refractivity contribution in [3.8, 4) is 0 Å². The highest BCUT2D eigenvalue weighted by Crippen LogP contribution is 2.34. The predicted octanol–water partition coefficient (Wildman–Crippen LogP) is 2.95. The molecule has 9 heteroatoms. The van der Waals surface area contributed by atoms with E-state index in [1.165, 1.54) is 17.7 Å². The van der Waals surface area contributed by atoms with Gasteiger partial charge in [-0.3, -0.25) is 9.59 Å². The van der Waals surface area contributed by atoms with Crippen molar-refractivity contribution in [2.45, 2.75) is 74.9 Å².